The van der Waals surface area contributed by atoms with Crippen molar-refractivity contribution in [1.82, 2.24) is 16.0 Å². The highest BCUT2D eigenvalue weighted by Gasteiger charge is 2.31. The van der Waals surface area contributed by atoms with Crippen LogP contribution < -0.4 is 27.4 Å². The van der Waals surface area contributed by atoms with E-state index in [1.54, 1.807) is 30.3 Å². The highest BCUT2D eigenvalue weighted by Crippen LogP contribution is 2.07. The van der Waals surface area contributed by atoms with Crippen LogP contribution >= 0.6 is 0 Å². The van der Waals surface area contributed by atoms with Gasteiger partial charge in [0.25, 0.3) is 0 Å². The molecule has 38 heavy (non-hydrogen) atoms. The Bertz CT molecular complexity index is 1030. The van der Waals surface area contributed by atoms with Crippen molar-refractivity contribution in [3.63, 3.8) is 0 Å². The molecule has 0 aromatic heterocycles. The van der Waals surface area contributed by atoms with Gasteiger partial charge in [0.2, 0.25) is 23.6 Å². The van der Waals surface area contributed by atoms with Crippen molar-refractivity contribution in [2.45, 2.75) is 62.7 Å². The Balaban J connectivity index is 3.03. The Morgan fingerprint density at radius 2 is 1.26 bits per heavy atom. The summed E-state index contributed by atoms with van der Waals surface area (Å²) < 4.78 is 0. The third-order valence-electron chi connectivity index (χ3n) is 5.23. The molecule has 0 bridgehead atoms. The number of nitrogens with one attached hydrogen (secondary N) is 3. The molecule has 4 atom stereocenters. The molecule has 0 radical (unpaired) electrons. The predicted molar refractivity (Wildman–Crippen MR) is 129 cm³/mol. The summed E-state index contributed by atoms with van der Waals surface area (Å²) in [6.07, 6.45) is -2.48. The van der Waals surface area contributed by atoms with Gasteiger partial charge in [-0.3, -0.25) is 28.8 Å². The van der Waals surface area contributed by atoms with Gasteiger partial charge < -0.3 is 42.7 Å². The zero-order valence-corrected chi connectivity index (χ0v) is 20.3. The topological polar surface area (TPSA) is 268 Å². The van der Waals surface area contributed by atoms with Crippen molar-refractivity contribution in [2.75, 3.05) is 0 Å². The van der Waals surface area contributed by atoms with Crippen LogP contribution in [-0.2, 0) is 40.0 Å². The number of carboxylic acid groups (broad SMARTS) is 3. The molecule has 0 saturated heterocycles. The normalized spacial score (nSPS) is 13.7. The number of carbonyl (C=O) groups is 7. The van der Waals surface area contributed by atoms with Crippen LogP contribution in [0.4, 0.5) is 0 Å². The van der Waals surface area contributed by atoms with Crippen molar-refractivity contribution in [3.05, 3.63) is 35.9 Å². The van der Waals surface area contributed by atoms with Crippen LogP contribution in [0.25, 0.3) is 0 Å². The Kier molecular flexibility index (Phi) is 12.9. The molecular formula is C23H31N5O10. The van der Waals surface area contributed by atoms with Crippen LogP contribution in [0.2, 0.25) is 0 Å². The number of carboxylic acids is 3. The van der Waals surface area contributed by atoms with Gasteiger partial charge in [0.1, 0.15) is 18.1 Å². The summed E-state index contributed by atoms with van der Waals surface area (Å²) in [5.74, 6) is -8.02. The second-order valence-corrected chi connectivity index (χ2v) is 8.35. The summed E-state index contributed by atoms with van der Waals surface area (Å²) in [6.45, 7) is 0. The van der Waals surface area contributed by atoms with E-state index in [1.165, 1.54) is 0 Å². The molecule has 4 amide bonds. The van der Waals surface area contributed by atoms with Gasteiger partial charge in [-0.05, 0) is 18.4 Å². The molecule has 0 heterocycles. The van der Waals surface area contributed by atoms with Crippen molar-refractivity contribution in [3.8, 4) is 0 Å². The van der Waals surface area contributed by atoms with Gasteiger partial charge in [-0.15, -0.1) is 0 Å². The van der Waals surface area contributed by atoms with Crippen LogP contribution in [0.15, 0.2) is 30.3 Å². The van der Waals surface area contributed by atoms with E-state index in [9.17, 15) is 38.7 Å². The quantitative estimate of drug-likeness (QED) is 0.105. The lowest BCUT2D eigenvalue weighted by Gasteiger charge is -2.24. The van der Waals surface area contributed by atoms with E-state index >= 15 is 0 Å². The molecule has 0 fully saturated rings. The number of carbonyl (C=O) groups excluding carboxylic acids is 4. The minimum absolute atomic E-state index is 0.0929. The predicted octanol–water partition coefficient (Wildman–Crippen LogP) is -2.30. The highest BCUT2D eigenvalue weighted by atomic mass is 16.4. The molecule has 1 aromatic rings. The van der Waals surface area contributed by atoms with Gasteiger partial charge in [0, 0.05) is 19.3 Å². The van der Waals surface area contributed by atoms with E-state index in [1.807, 2.05) is 0 Å². The van der Waals surface area contributed by atoms with Gasteiger partial charge in [-0.25, -0.2) is 4.79 Å². The summed E-state index contributed by atoms with van der Waals surface area (Å²) in [5.41, 5.74) is 11.3. The lowest BCUT2D eigenvalue weighted by Crippen LogP contribution is -2.57. The van der Waals surface area contributed by atoms with E-state index in [-0.39, 0.29) is 25.7 Å². The fraction of sp³-hybridized carbons (Fsp3) is 0.435. The minimum Gasteiger partial charge on any atom is -0.481 e. The van der Waals surface area contributed by atoms with E-state index in [0.717, 1.165) is 0 Å². The minimum atomic E-state index is -1.72. The van der Waals surface area contributed by atoms with Crippen molar-refractivity contribution < 1.29 is 48.9 Å². The summed E-state index contributed by atoms with van der Waals surface area (Å²) in [5, 5.41) is 34.0. The monoisotopic (exact) mass is 537 g/mol. The second kappa shape index (κ2) is 15.6. The SMILES string of the molecule is NC(=O)CCC(NC(=O)C(CC(=O)O)NC(=O)C(N)CCC(=O)O)C(=O)NC(Cc1ccccc1)C(=O)O. The first-order chi connectivity index (χ1) is 17.8. The number of aliphatic carboxylic acids is 3. The number of primary amides is 1. The standard InChI is InChI=1S/C23H31N5O10/c24-13(6-9-18(30)31)20(34)27-15(11-19(32)33)22(36)26-14(7-8-17(25)29)21(35)28-16(23(37)38)10-12-4-2-1-3-5-12/h1-5,13-16H,6-11,24H2,(H2,25,29)(H,26,36)(H,27,34)(H,28,35)(H,30,31)(H,32,33)(H,37,38). The lowest BCUT2D eigenvalue weighted by atomic mass is 10.0. The van der Waals surface area contributed by atoms with Gasteiger partial charge in [-0.1, -0.05) is 30.3 Å². The maximum absolute atomic E-state index is 12.9. The molecule has 10 N–H and O–H groups in total. The fourth-order valence-electron chi connectivity index (χ4n) is 3.22. The maximum atomic E-state index is 12.9. The van der Waals surface area contributed by atoms with Gasteiger partial charge in [0.05, 0.1) is 12.5 Å². The zero-order valence-electron chi connectivity index (χ0n) is 20.3. The first kappa shape index (κ1) is 31.5. The molecular weight excluding hydrogens is 506 g/mol. The molecule has 1 aromatic carbocycles. The highest BCUT2D eigenvalue weighted by molar-refractivity contribution is 5.96. The molecule has 0 aliphatic heterocycles. The number of hydrogen-bond donors (Lipinski definition) is 8. The average molecular weight is 538 g/mol. The molecule has 0 saturated carbocycles. The van der Waals surface area contributed by atoms with E-state index in [2.05, 4.69) is 16.0 Å². The molecule has 0 aliphatic carbocycles. The molecule has 0 aliphatic rings. The van der Waals surface area contributed by atoms with Gasteiger partial charge >= 0.3 is 17.9 Å². The second-order valence-electron chi connectivity index (χ2n) is 8.35. The summed E-state index contributed by atoms with van der Waals surface area (Å²) in [6, 6.07) is 2.37. The van der Waals surface area contributed by atoms with Crippen LogP contribution in [0.5, 0.6) is 0 Å². The van der Waals surface area contributed by atoms with Crippen LogP contribution in [-0.4, -0.2) is 81.0 Å². The van der Waals surface area contributed by atoms with Crippen molar-refractivity contribution in [2.24, 2.45) is 11.5 Å². The Hall–Kier alpha value is -4.53. The summed E-state index contributed by atoms with van der Waals surface area (Å²) in [7, 11) is 0. The number of rotatable bonds is 17. The van der Waals surface area contributed by atoms with Crippen molar-refractivity contribution >= 4 is 41.5 Å². The number of nitrogens with two attached hydrogens (primary N) is 2. The number of hydrogen-bond acceptors (Lipinski definition) is 8. The van der Waals surface area contributed by atoms with Crippen LogP contribution in [0, 0.1) is 0 Å². The molecule has 15 nitrogen and oxygen atoms in total. The molecule has 0 spiro atoms. The first-order valence-electron chi connectivity index (χ1n) is 11.5. The third-order valence-corrected chi connectivity index (χ3v) is 5.23. The molecule has 208 valence electrons. The number of amides is 4. The molecule has 4 unspecified atom stereocenters. The third kappa shape index (κ3) is 11.9. The lowest BCUT2D eigenvalue weighted by molar-refractivity contribution is -0.143. The Labute approximate surface area is 216 Å². The molecule has 15 heteroatoms. The summed E-state index contributed by atoms with van der Waals surface area (Å²) >= 11 is 0. The van der Waals surface area contributed by atoms with E-state index in [4.69, 9.17) is 21.7 Å². The molecule has 1 rings (SSSR count). The zero-order chi connectivity index (χ0) is 28.8. The van der Waals surface area contributed by atoms with Gasteiger partial charge in [-0.2, -0.15) is 0 Å². The summed E-state index contributed by atoms with van der Waals surface area (Å²) in [4.78, 5) is 83.0. The van der Waals surface area contributed by atoms with Crippen LogP contribution in [0.1, 0.15) is 37.7 Å². The smallest absolute Gasteiger partial charge is 0.326 e. The van der Waals surface area contributed by atoms with Gasteiger partial charge in [0.15, 0.2) is 0 Å². The Morgan fingerprint density at radius 3 is 1.79 bits per heavy atom. The van der Waals surface area contributed by atoms with E-state index in [0.29, 0.717) is 5.56 Å². The van der Waals surface area contributed by atoms with E-state index < -0.39 is 78.5 Å². The fourth-order valence-corrected chi connectivity index (χ4v) is 3.22. The maximum Gasteiger partial charge on any atom is 0.326 e. The average Bonchev–Trinajstić information content (AvgIpc) is 2.83. The largest absolute Gasteiger partial charge is 0.481 e. The van der Waals surface area contributed by atoms with Crippen molar-refractivity contribution in [1.29, 1.82) is 0 Å². The number of benzene rings is 1. The Morgan fingerprint density at radius 1 is 0.711 bits per heavy atom. The first-order valence-corrected chi connectivity index (χ1v) is 11.5. The van der Waals surface area contributed by atoms with Crippen LogP contribution in [0.3, 0.4) is 0 Å².